The molecule has 0 fully saturated rings. The predicted octanol–water partition coefficient (Wildman–Crippen LogP) is 8.72. The molecule has 0 aliphatic carbocycles. The highest BCUT2D eigenvalue weighted by atomic mass is 31.1. The maximum Gasteiger partial charge on any atom is 0.0447 e. The van der Waals surface area contributed by atoms with Gasteiger partial charge in [-0.3, -0.25) is 0 Å². The predicted molar refractivity (Wildman–Crippen MR) is 179 cm³/mol. The van der Waals surface area contributed by atoms with Crippen LogP contribution in [0.25, 0.3) is 32.7 Å². The lowest BCUT2D eigenvalue weighted by atomic mass is 9.92. The van der Waals surface area contributed by atoms with Gasteiger partial charge in [0.25, 0.3) is 0 Å². The van der Waals surface area contributed by atoms with Crippen molar-refractivity contribution in [2.75, 3.05) is 19.0 Å². The van der Waals surface area contributed by atoms with Gasteiger partial charge in [-0.2, -0.15) is 0 Å². The third kappa shape index (κ3) is 4.80. The van der Waals surface area contributed by atoms with E-state index in [0.29, 0.717) is 0 Å². The maximum atomic E-state index is 2.42. The van der Waals surface area contributed by atoms with Crippen LogP contribution < -0.4 is 20.8 Å². The number of benzene rings is 6. The van der Waals surface area contributed by atoms with Crippen LogP contribution in [0.2, 0.25) is 0 Å². The molecule has 40 heavy (non-hydrogen) atoms. The van der Waals surface area contributed by atoms with Crippen molar-refractivity contribution < 1.29 is 0 Å². The van der Waals surface area contributed by atoms with E-state index in [4.69, 9.17) is 0 Å². The minimum atomic E-state index is -0.834. The first-order valence-electron chi connectivity index (χ1n) is 14.0. The van der Waals surface area contributed by atoms with Crippen molar-refractivity contribution in [2.24, 2.45) is 0 Å². The Labute approximate surface area is 239 Å². The molecule has 6 aromatic rings. The summed E-state index contributed by atoms with van der Waals surface area (Å²) in [4.78, 5) is 2.27. The molecule has 0 bridgehead atoms. The molecule has 0 atom stereocenters. The fourth-order valence-electron chi connectivity index (χ4n) is 6.19. The normalized spacial score (nSPS) is 11.5. The standard InChI is InChI=1S/C38H36NP/c1-25-19-26(2)22-31(21-25)40(32-23-27(3)20-28(4)24-32)36-18-16-30-12-8-10-14-34(30)38(36)37-33-13-9-7-11-29(33)15-17-35(37)39(5)6/h7-24H,1-6H3. The van der Waals surface area contributed by atoms with E-state index in [-0.39, 0.29) is 0 Å². The average Bonchev–Trinajstić information content (AvgIpc) is 2.91. The third-order valence-electron chi connectivity index (χ3n) is 7.72. The molecule has 6 aromatic carbocycles. The summed E-state index contributed by atoms with van der Waals surface area (Å²) in [5.41, 5.74) is 9.16. The van der Waals surface area contributed by atoms with Crippen LogP contribution in [0.5, 0.6) is 0 Å². The van der Waals surface area contributed by atoms with Gasteiger partial charge >= 0.3 is 0 Å². The van der Waals surface area contributed by atoms with E-state index in [1.165, 1.54) is 76.5 Å². The minimum Gasteiger partial charge on any atom is -0.377 e. The lowest BCUT2D eigenvalue weighted by molar-refractivity contribution is 1.14. The van der Waals surface area contributed by atoms with Crippen LogP contribution in [0.3, 0.4) is 0 Å². The van der Waals surface area contributed by atoms with Crippen LogP contribution in [-0.2, 0) is 0 Å². The summed E-state index contributed by atoms with van der Waals surface area (Å²) >= 11 is 0. The zero-order valence-corrected chi connectivity index (χ0v) is 25.2. The fourth-order valence-corrected chi connectivity index (χ4v) is 9.06. The van der Waals surface area contributed by atoms with Crippen molar-refractivity contribution in [3.8, 4) is 11.1 Å². The highest BCUT2D eigenvalue weighted by molar-refractivity contribution is 7.80. The maximum absolute atomic E-state index is 2.42. The summed E-state index contributed by atoms with van der Waals surface area (Å²) in [5.74, 6) is 0. The largest absolute Gasteiger partial charge is 0.377 e. The van der Waals surface area contributed by atoms with E-state index in [0.717, 1.165) is 0 Å². The first-order valence-corrected chi connectivity index (χ1v) is 15.3. The van der Waals surface area contributed by atoms with E-state index < -0.39 is 7.92 Å². The molecule has 0 saturated carbocycles. The monoisotopic (exact) mass is 537 g/mol. The van der Waals surface area contributed by atoms with Crippen LogP contribution in [0.1, 0.15) is 22.3 Å². The molecule has 0 N–H and O–H groups in total. The number of hydrogen-bond acceptors (Lipinski definition) is 1. The molecule has 1 nitrogen and oxygen atoms in total. The van der Waals surface area contributed by atoms with E-state index >= 15 is 0 Å². The van der Waals surface area contributed by atoms with Crippen molar-refractivity contribution in [1.82, 2.24) is 0 Å². The van der Waals surface area contributed by atoms with Gasteiger partial charge in [0.1, 0.15) is 0 Å². The molecular formula is C38H36NP. The SMILES string of the molecule is Cc1cc(C)cc(P(c2cc(C)cc(C)c2)c2ccc3ccccc3c2-c2c(N(C)C)ccc3ccccc23)c1. The Morgan fingerprint density at radius 1 is 0.475 bits per heavy atom. The van der Waals surface area contributed by atoms with Gasteiger partial charge in [0, 0.05) is 30.9 Å². The van der Waals surface area contributed by atoms with Crippen LogP contribution in [-0.4, -0.2) is 14.1 Å². The van der Waals surface area contributed by atoms with Crippen LogP contribution in [0.15, 0.2) is 109 Å². The molecule has 0 saturated heterocycles. The van der Waals surface area contributed by atoms with Crippen molar-refractivity contribution in [3.63, 3.8) is 0 Å². The lowest BCUT2D eigenvalue weighted by Crippen LogP contribution is -2.24. The number of anilines is 1. The molecule has 0 radical (unpaired) electrons. The van der Waals surface area contributed by atoms with Crippen LogP contribution >= 0.6 is 7.92 Å². The second-order valence-electron chi connectivity index (χ2n) is 11.3. The van der Waals surface area contributed by atoms with E-state index in [1.807, 2.05) is 0 Å². The van der Waals surface area contributed by atoms with Gasteiger partial charge in [0.15, 0.2) is 0 Å². The molecule has 0 amide bonds. The summed E-state index contributed by atoms with van der Waals surface area (Å²) < 4.78 is 0. The zero-order chi connectivity index (χ0) is 28.0. The van der Waals surface area contributed by atoms with Gasteiger partial charge in [-0.05, 0) is 79.1 Å². The molecule has 6 rings (SSSR count). The smallest absolute Gasteiger partial charge is 0.0447 e. The Bertz CT molecular complexity index is 1790. The Balaban J connectivity index is 1.80. The fraction of sp³-hybridized carbons (Fsp3) is 0.158. The molecule has 0 heterocycles. The minimum absolute atomic E-state index is 0.834. The Kier molecular flexibility index (Phi) is 6.95. The van der Waals surface area contributed by atoms with E-state index in [9.17, 15) is 0 Å². The first-order chi connectivity index (χ1) is 19.3. The Morgan fingerprint density at radius 2 is 0.925 bits per heavy atom. The zero-order valence-electron chi connectivity index (χ0n) is 24.3. The summed E-state index contributed by atoms with van der Waals surface area (Å²) in [5, 5.41) is 9.35. The third-order valence-corrected chi connectivity index (χ3v) is 10.1. The molecule has 0 spiro atoms. The van der Waals surface area contributed by atoms with Crippen molar-refractivity contribution in [1.29, 1.82) is 0 Å². The van der Waals surface area contributed by atoms with E-state index in [2.05, 4.69) is 156 Å². The quantitative estimate of drug-likeness (QED) is 0.199. The summed E-state index contributed by atoms with van der Waals surface area (Å²) in [6, 6.07) is 41.2. The molecular weight excluding hydrogens is 501 g/mol. The van der Waals surface area contributed by atoms with Gasteiger partial charge in [-0.25, -0.2) is 0 Å². The first kappa shape index (κ1) is 26.3. The highest BCUT2D eigenvalue weighted by Gasteiger charge is 2.25. The summed E-state index contributed by atoms with van der Waals surface area (Å²) in [7, 11) is 3.49. The second-order valence-corrected chi connectivity index (χ2v) is 13.5. The number of rotatable bonds is 5. The molecule has 2 heteroatoms. The molecule has 0 aromatic heterocycles. The molecule has 0 aliphatic rings. The van der Waals surface area contributed by atoms with Crippen molar-refractivity contribution in [2.45, 2.75) is 27.7 Å². The van der Waals surface area contributed by atoms with Crippen LogP contribution in [0, 0.1) is 27.7 Å². The van der Waals surface area contributed by atoms with Crippen molar-refractivity contribution in [3.05, 3.63) is 131 Å². The van der Waals surface area contributed by atoms with Crippen LogP contribution in [0.4, 0.5) is 5.69 Å². The lowest BCUT2D eigenvalue weighted by Gasteiger charge is -2.28. The number of aryl methyl sites for hydroxylation is 4. The second kappa shape index (κ2) is 10.6. The molecule has 198 valence electrons. The van der Waals surface area contributed by atoms with Gasteiger partial charge in [0.05, 0.1) is 0 Å². The number of nitrogens with zero attached hydrogens (tertiary/aromatic N) is 1. The molecule has 0 aliphatic heterocycles. The van der Waals surface area contributed by atoms with Gasteiger partial charge in [-0.15, -0.1) is 0 Å². The summed E-state index contributed by atoms with van der Waals surface area (Å²) in [6.45, 7) is 8.90. The van der Waals surface area contributed by atoms with E-state index in [1.54, 1.807) is 0 Å². The van der Waals surface area contributed by atoms with Crippen molar-refractivity contribution >= 4 is 51.1 Å². The van der Waals surface area contributed by atoms with Gasteiger partial charge < -0.3 is 4.90 Å². The average molecular weight is 538 g/mol. The topological polar surface area (TPSA) is 3.24 Å². The summed E-state index contributed by atoms with van der Waals surface area (Å²) in [6.07, 6.45) is 0. The number of hydrogen-bond donors (Lipinski definition) is 0. The number of fused-ring (bicyclic) bond motifs is 2. The van der Waals surface area contributed by atoms with Gasteiger partial charge in [-0.1, -0.05) is 125 Å². The highest BCUT2D eigenvalue weighted by Crippen LogP contribution is 2.45. The van der Waals surface area contributed by atoms with Gasteiger partial charge in [0.2, 0.25) is 0 Å². The Hall–Kier alpha value is -3.93. The molecule has 0 unspecified atom stereocenters. The Morgan fingerprint density at radius 3 is 1.43 bits per heavy atom.